The van der Waals surface area contributed by atoms with E-state index < -0.39 is 0 Å². The minimum absolute atomic E-state index is 0.283. The first-order valence-corrected chi connectivity index (χ1v) is 5.89. The molecule has 0 bridgehead atoms. The third kappa shape index (κ3) is 5.90. The lowest BCUT2D eigenvalue weighted by molar-refractivity contribution is -0.123. The number of hydrogen-bond acceptors (Lipinski definition) is 3. The average Bonchev–Trinajstić information content (AvgIpc) is 2.20. The van der Waals surface area contributed by atoms with Crippen LogP contribution in [-0.4, -0.2) is 31.7 Å². The number of hydrogen-bond donors (Lipinski definition) is 0. The molecule has 1 rings (SSSR count). The zero-order chi connectivity index (χ0) is 11.1. The molecule has 0 radical (unpaired) electrons. The van der Waals surface area contributed by atoms with Crippen LogP contribution in [0, 0.1) is 5.92 Å². The van der Waals surface area contributed by atoms with Gasteiger partial charge in [0.2, 0.25) is 0 Å². The predicted octanol–water partition coefficient (Wildman–Crippen LogP) is 2.19. The highest BCUT2D eigenvalue weighted by molar-refractivity contribution is 5.79. The zero-order valence-corrected chi connectivity index (χ0v) is 9.83. The minimum atomic E-state index is 0.283. The van der Waals surface area contributed by atoms with Crippen LogP contribution in [0.4, 0.5) is 0 Å². The minimum Gasteiger partial charge on any atom is -0.379 e. The van der Waals surface area contributed by atoms with Gasteiger partial charge in [-0.05, 0) is 18.8 Å². The van der Waals surface area contributed by atoms with Crippen LogP contribution in [0.1, 0.15) is 39.5 Å². The fraction of sp³-hybridized carbons (Fsp3) is 0.917. The summed E-state index contributed by atoms with van der Waals surface area (Å²) in [7, 11) is 0. The molecule has 88 valence electrons. The molecule has 0 heterocycles. The molecule has 15 heavy (non-hydrogen) atoms. The summed E-state index contributed by atoms with van der Waals surface area (Å²) in [4.78, 5) is 11.0. The topological polar surface area (TPSA) is 35.5 Å². The van der Waals surface area contributed by atoms with Crippen molar-refractivity contribution in [2.24, 2.45) is 5.92 Å². The molecule has 0 saturated heterocycles. The van der Waals surface area contributed by atoms with E-state index in [1.807, 2.05) is 0 Å². The quantitative estimate of drug-likeness (QED) is 0.636. The molecule has 0 spiro atoms. The van der Waals surface area contributed by atoms with Gasteiger partial charge in [-0.2, -0.15) is 0 Å². The predicted molar refractivity (Wildman–Crippen MR) is 58.9 cm³/mol. The smallest absolute Gasteiger partial charge is 0.133 e. The first-order chi connectivity index (χ1) is 7.18. The van der Waals surface area contributed by atoms with Gasteiger partial charge in [-0.3, -0.25) is 4.79 Å². The van der Waals surface area contributed by atoms with Crippen molar-refractivity contribution in [2.75, 3.05) is 19.8 Å². The highest BCUT2D eigenvalue weighted by Crippen LogP contribution is 2.17. The summed E-state index contributed by atoms with van der Waals surface area (Å²) < 4.78 is 11.1. The SMILES string of the molecule is CC(C)COCCOC1CCC(=O)CC1. The molecular weight excluding hydrogens is 192 g/mol. The van der Waals surface area contributed by atoms with Crippen LogP contribution in [0.3, 0.4) is 0 Å². The van der Waals surface area contributed by atoms with Gasteiger partial charge in [0.25, 0.3) is 0 Å². The summed E-state index contributed by atoms with van der Waals surface area (Å²) in [5, 5.41) is 0. The molecule has 0 aromatic rings. The van der Waals surface area contributed by atoms with Gasteiger partial charge in [0.15, 0.2) is 0 Å². The van der Waals surface area contributed by atoms with Crippen LogP contribution >= 0.6 is 0 Å². The molecule has 0 amide bonds. The molecule has 0 atom stereocenters. The van der Waals surface area contributed by atoms with Crippen LogP contribution in [0.15, 0.2) is 0 Å². The van der Waals surface area contributed by atoms with E-state index in [0.717, 1.165) is 19.4 Å². The van der Waals surface area contributed by atoms with Crippen molar-refractivity contribution >= 4 is 5.78 Å². The lowest BCUT2D eigenvalue weighted by Gasteiger charge is -2.21. The summed E-state index contributed by atoms with van der Waals surface area (Å²) in [6.45, 7) is 6.39. The van der Waals surface area contributed by atoms with Crippen molar-refractivity contribution < 1.29 is 14.3 Å². The van der Waals surface area contributed by atoms with Gasteiger partial charge in [-0.1, -0.05) is 13.8 Å². The summed E-state index contributed by atoms with van der Waals surface area (Å²) in [6.07, 6.45) is 3.45. The Bertz CT molecular complexity index is 179. The van der Waals surface area contributed by atoms with E-state index in [0.29, 0.717) is 37.8 Å². The summed E-state index contributed by atoms with van der Waals surface area (Å²) in [5.74, 6) is 0.961. The number of ketones is 1. The van der Waals surface area contributed by atoms with Crippen molar-refractivity contribution in [1.29, 1.82) is 0 Å². The fourth-order valence-electron chi connectivity index (χ4n) is 1.67. The highest BCUT2D eigenvalue weighted by Gasteiger charge is 2.18. The maximum Gasteiger partial charge on any atom is 0.133 e. The Morgan fingerprint density at radius 2 is 1.93 bits per heavy atom. The van der Waals surface area contributed by atoms with E-state index in [-0.39, 0.29) is 6.10 Å². The maximum atomic E-state index is 11.0. The van der Waals surface area contributed by atoms with E-state index in [2.05, 4.69) is 13.8 Å². The van der Waals surface area contributed by atoms with Gasteiger partial charge in [0, 0.05) is 19.4 Å². The molecule has 0 aliphatic heterocycles. The average molecular weight is 214 g/mol. The van der Waals surface area contributed by atoms with Crippen LogP contribution in [0.5, 0.6) is 0 Å². The van der Waals surface area contributed by atoms with Gasteiger partial charge in [0.05, 0.1) is 19.3 Å². The third-order valence-electron chi connectivity index (χ3n) is 2.52. The number of carbonyl (C=O) groups is 1. The first-order valence-electron chi connectivity index (χ1n) is 5.89. The zero-order valence-electron chi connectivity index (χ0n) is 9.83. The second-order valence-corrected chi connectivity index (χ2v) is 4.58. The first kappa shape index (κ1) is 12.7. The monoisotopic (exact) mass is 214 g/mol. The molecule has 0 unspecified atom stereocenters. The Balaban J connectivity index is 1.94. The number of rotatable bonds is 6. The lowest BCUT2D eigenvalue weighted by atomic mass is 9.97. The van der Waals surface area contributed by atoms with Crippen LogP contribution in [-0.2, 0) is 14.3 Å². The summed E-state index contributed by atoms with van der Waals surface area (Å²) >= 11 is 0. The van der Waals surface area contributed by atoms with E-state index in [4.69, 9.17) is 9.47 Å². The van der Waals surface area contributed by atoms with Gasteiger partial charge >= 0.3 is 0 Å². The van der Waals surface area contributed by atoms with E-state index in [1.165, 1.54) is 0 Å². The van der Waals surface area contributed by atoms with Crippen molar-refractivity contribution in [3.05, 3.63) is 0 Å². The van der Waals surface area contributed by atoms with Crippen molar-refractivity contribution in [3.63, 3.8) is 0 Å². The molecule has 1 fully saturated rings. The van der Waals surface area contributed by atoms with Crippen molar-refractivity contribution in [2.45, 2.75) is 45.6 Å². The highest BCUT2D eigenvalue weighted by atomic mass is 16.5. The number of carbonyl (C=O) groups excluding carboxylic acids is 1. The molecule has 3 heteroatoms. The van der Waals surface area contributed by atoms with E-state index >= 15 is 0 Å². The van der Waals surface area contributed by atoms with Gasteiger partial charge < -0.3 is 9.47 Å². The Hall–Kier alpha value is -0.410. The number of Topliss-reactive ketones (excluding diaryl/α,β-unsaturated/α-hetero) is 1. The second kappa shape index (κ2) is 6.96. The van der Waals surface area contributed by atoms with E-state index in [9.17, 15) is 4.79 Å². The van der Waals surface area contributed by atoms with Crippen molar-refractivity contribution in [3.8, 4) is 0 Å². The van der Waals surface area contributed by atoms with Crippen LogP contribution in [0.2, 0.25) is 0 Å². The second-order valence-electron chi connectivity index (χ2n) is 4.58. The molecule has 0 aromatic heterocycles. The summed E-state index contributed by atoms with van der Waals surface area (Å²) in [5.41, 5.74) is 0. The fourth-order valence-corrected chi connectivity index (χ4v) is 1.67. The molecule has 1 saturated carbocycles. The van der Waals surface area contributed by atoms with Gasteiger partial charge in [-0.25, -0.2) is 0 Å². The Morgan fingerprint density at radius 3 is 2.53 bits per heavy atom. The Kier molecular flexibility index (Phi) is 5.88. The van der Waals surface area contributed by atoms with Crippen LogP contribution in [0.25, 0.3) is 0 Å². The standard InChI is InChI=1S/C12H22O3/c1-10(2)9-14-7-8-15-12-5-3-11(13)4-6-12/h10,12H,3-9H2,1-2H3. The van der Waals surface area contributed by atoms with E-state index in [1.54, 1.807) is 0 Å². The Morgan fingerprint density at radius 1 is 1.27 bits per heavy atom. The van der Waals surface area contributed by atoms with Crippen molar-refractivity contribution in [1.82, 2.24) is 0 Å². The number of ether oxygens (including phenoxy) is 2. The largest absolute Gasteiger partial charge is 0.379 e. The van der Waals surface area contributed by atoms with Crippen LogP contribution < -0.4 is 0 Å². The van der Waals surface area contributed by atoms with Gasteiger partial charge in [-0.15, -0.1) is 0 Å². The molecule has 0 N–H and O–H groups in total. The molecule has 0 aromatic carbocycles. The summed E-state index contributed by atoms with van der Waals surface area (Å²) in [6, 6.07) is 0. The maximum absolute atomic E-state index is 11.0. The normalized spacial score (nSPS) is 18.7. The molecule has 1 aliphatic rings. The van der Waals surface area contributed by atoms with Gasteiger partial charge in [0.1, 0.15) is 5.78 Å². The molecular formula is C12H22O3. The molecule has 3 nitrogen and oxygen atoms in total. The lowest BCUT2D eigenvalue weighted by Crippen LogP contribution is -2.23. The molecule has 1 aliphatic carbocycles. The Labute approximate surface area is 92.1 Å². The third-order valence-corrected chi connectivity index (χ3v) is 2.52.